The van der Waals surface area contributed by atoms with Gasteiger partial charge in [0.25, 0.3) is 5.91 Å². The number of piperidine rings is 1. The Balaban J connectivity index is 1.98. The van der Waals surface area contributed by atoms with E-state index >= 15 is 0 Å². The van der Waals surface area contributed by atoms with Crippen molar-refractivity contribution in [2.75, 3.05) is 23.3 Å². The molecular formula is C21H28N4O3. The summed E-state index contributed by atoms with van der Waals surface area (Å²) in [5.41, 5.74) is 1.74. The van der Waals surface area contributed by atoms with Crippen molar-refractivity contribution in [3.8, 4) is 6.07 Å². The van der Waals surface area contributed by atoms with Gasteiger partial charge >= 0.3 is 5.97 Å². The summed E-state index contributed by atoms with van der Waals surface area (Å²) in [5.74, 6) is -1.71. The first-order valence-electron chi connectivity index (χ1n) is 9.66. The Morgan fingerprint density at radius 2 is 1.86 bits per heavy atom. The molecular weight excluding hydrogens is 356 g/mol. The van der Waals surface area contributed by atoms with Crippen molar-refractivity contribution >= 4 is 23.3 Å². The molecule has 0 aromatic heterocycles. The third-order valence-electron chi connectivity index (χ3n) is 4.65. The molecule has 1 aromatic carbocycles. The molecule has 150 valence electrons. The third kappa shape index (κ3) is 6.31. The van der Waals surface area contributed by atoms with E-state index in [2.05, 4.69) is 15.5 Å². The van der Waals surface area contributed by atoms with Gasteiger partial charge in [-0.25, -0.2) is 4.79 Å². The smallest absolute Gasteiger partial charge is 0.326 e. The van der Waals surface area contributed by atoms with Crippen LogP contribution in [0.1, 0.15) is 39.5 Å². The Morgan fingerprint density at radius 3 is 2.39 bits per heavy atom. The molecule has 1 saturated heterocycles. The maximum absolute atomic E-state index is 12.2. The van der Waals surface area contributed by atoms with Gasteiger partial charge in [0.2, 0.25) is 0 Å². The number of rotatable bonds is 8. The average molecular weight is 384 g/mol. The Bertz CT molecular complexity index is 744. The summed E-state index contributed by atoms with van der Waals surface area (Å²) >= 11 is 0. The fourth-order valence-corrected chi connectivity index (χ4v) is 3.15. The molecule has 7 heteroatoms. The Hall–Kier alpha value is -3.01. The minimum Gasteiger partial charge on any atom is -0.480 e. The van der Waals surface area contributed by atoms with Crippen molar-refractivity contribution in [1.29, 1.82) is 5.26 Å². The van der Waals surface area contributed by atoms with Gasteiger partial charge in [0.05, 0.1) is 0 Å². The molecule has 1 aliphatic rings. The van der Waals surface area contributed by atoms with Crippen molar-refractivity contribution < 1.29 is 14.7 Å². The summed E-state index contributed by atoms with van der Waals surface area (Å²) in [6, 6.07) is 8.61. The number of nitrogens with one attached hydrogen (secondary N) is 2. The number of nitrogens with zero attached hydrogens (tertiary/aromatic N) is 2. The van der Waals surface area contributed by atoms with Crippen molar-refractivity contribution in [2.45, 2.75) is 45.6 Å². The molecule has 1 aliphatic heterocycles. The SMILES string of the molecule is CC(C)CC(NC(=O)/C(C#N)=C\Nc1ccc(N2CCCCC2)cc1)C(=O)O. The van der Waals surface area contributed by atoms with E-state index in [9.17, 15) is 20.0 Å². The second-order valence-corrected chi connectivity index (χ2v) is 7.40. The molecule has 1 fully saturated rings. The van der Waals surface area contributed by atoms with Crippen LogP contribution in [0.5, 0.6) is 0 Å². The monoisotopic (exact) mass is 384 g/mol. The number of amides is 1. The van der Waals surface area contributed by atoms with E-state index in [-0.39, 0.29) is 11.5 Å². The van der Waals surface area contributed by atoms with Gasteiger partial charge in [0, 0.05) is 30.7 Å². The predicted molar refractivity (Wildman–Crippen MR) is 109 cm³/mol. The highest BCUT2D eigenvalue weighted by molar-refractivity contribution is 5.99. The van der Waals surface area contributed by atoms with Crippen LogP contribution in [-0.2, 0) is 9.59 Å². The number of carboxylic acid groups (broad SMARTS) is 1. The van der Waals surface area contributed by atoms with Gasteiger partial charge in [0.15, 0.2) is 0 Å². The van der Waals surface area contributed by atoms with Gasteiger partial charge in [-0.2, -0.15) is 5.26 Å². The van der Waals surface area contributed by atoms with E-state index < -0.39 is 17.9 Å². The number of carbonyl (C=O) groups excluding carboxylic acids is 1. The quantitative estimate of drug-likeness (QED) is 0.470. The van der Waals surface area contributed by atoms with Crippen LogP contribution in [0.25, 0.3) is 0 Å². The van der Waals surface area contributed by atoms with Gasteiger partial charge in [0.1, 0.15) is 17.7 Å². The van der Waals surface area contributed by atoms with Gasteiger partial charge in [-0.3, -0.25) is 4.79 Å². The summed E-state index contributed by atoms with van der Waals surface area (Å²) in [6.07, 6.45) is 5.29. The lowest BCUT2D eigenvalue weighted by atomic mass is 10.0. The molecule has 1 aromatic rings. The number of carboxylic acids is 1. The lowest BCUT2D eigenvalue weighted by Gasteiger charge is -2.28. The second kappa shape index (κ2) is 10.4. The standard InChI is InChI=1S/C21H28N4O3/c1-15(2)12-19(21(27)28)24-20(26)16(13-22)14-23-17-6-8-18(9-7-17)25-10-4-3-5-11-25/h6-9,14-15,19,23H,3-5,10-12H2,1-2H3,(H,24,26)(H,27,28)/b16-14-. The minimum atomic E-state index is -1.11. The van der Waals surface area contributed by atoms with Gasteiger partial charge in [-0.05, 0) is 55.9 Å². The predicted octanol–water partition coefficient (Wildman–Crippen LogP) is 3.11. The van der Waals surface area contributed by atoms with Crippen LogP contribution in [0.4, 0.5) is 11.4 Å². The molecule has 1 atom stereocenters. The Labute approximate surface area is 166 Å². The van der Waals surface area contributed by atoms with E-state index in [1.807, 2.05) is 44.2 Å². The summed E-state index contributed by atoms with van der Waals surface area (Å²) < 4.78 is 0. The molecule has 0 aliphatic carbocycles. The number of carbonyl (C=O) groups is 2. The number of hydrogen-bond donors (Lipinski definition) is 3. The van der Waals surface area contributed by atoms with Crippen molar-refractivity contribution in [2.24, 2.45) is 5.92 Å². The minimum absolute atomic E-state index is 0.104. The van der Waals surface area contributed by atoms with Crippen LogP contribution in [0.2, 0.25) is 0 Å². The zero-order valence-corrected chi connectivity index (χ0v) is 16.4. The van der Waals surface area contributed by atoms with Gasteiger partial charge in [-0.1, -0.05) is 13.8 Å². The number of hydrogen-bond acceptors (Lipinski definition) is 5. The van der Waals surface area contributed by atoms with E-state index in [0.29, 0.717) is 6.42 Å². The largest absolute Gasteiger partial charge is 0.480 e. The summed E-state index contributed by atoms with van der Waals surface area (Å²) in [5, 5.41) is 23.8. The van der Waals surface area contributed by atoms with Gasteiger partial charge < -0.3 is 20.6 Å². The van der Waals surface area contributed by atoms with E-state index in [1.165, 1.54) is 25.5 Å². The zero-order valence-electron chi connectivity index (χ0n) is 16.4. The van der Waals surface area contributed by atoms with Crippen LogP contribution in [0.3, 0.4) is 0 Å². The number of benzene rings is 1. The first kappa shape index (κ1) is 21.3. The highest BCUT2D eigenvalue weighted by Gasteiger charge is 2.22. The first-order chi connectivity index (χ1) is 13.4. The van der Waals surface area contributed by atoms with E-state index in [1.54, 1.807) is 0 Å². The van der Waals surface area contributed by atoms with Crippen molar-refractivity contribution in [1.82, 2.24) is 5.32 Å². The zero-order chi connectivity index (χ0) is 20.5. The van der Waals surface area contributed by atoms with Crippen LogP contribution in [-0.4, -0.2) is 36.1 Å². The highest BCUT2D eigenvalue weighted by atomic mass is 16.4. The molecule has 0 bridgehead atoms. The molecule has 2 rings (SSSR count). The first-order valence-corrected chi connectivity index (χ1v) is 9.66. The van der Waals surface area contributed by atoms with Crippen molar-refractivity contribution in [3.63, 3.8) is 0 Å². The average Bonchev–Trinajstić information content (AvgIpc) is 2.68. The Kier molecular flexibility index (Phi) is 7.88. The molecule has 1 amide bonds. The Morgan fingerprint density at radius 1 is 1.21 bits per heavy atom. The molecule has 7 nitrogen and oxygen atoms in total. The van der Waals surface area contributed by atoms with E-state index in [0.717, 1.165) is 24.5 Å². The lowest BCUT2D eigenvalue weighted by molar-refractivity contribution is -0.141. The molecule has 3 N–H and O–H groups in total. The second-order valence-electron chi connectivity index (χ2n) is 7.40. The molecule has 1 heterocycles. The molecule has 1 unspecified atom stereocenters. The summed E-state index contributed by atoms with van der Waals surface area (Å²) in [4.78, 5) is 25.9. The lowest BCUT2D eigenvalue weighted by Crippen LogP contribution is -2.42. The third-order valence-corrected chi connectivity index (χ3v) is 4.65. The van der Waals surface area contributed by atoms with Gasteiger partial charge in [-0.15, -0.1) is 0 Å². The van der Waals surface area contributed by atoms with Crippen molar-refractivity contribution in [3.05, 3.63) is 36.0 Å². The maximum Gasteiger partial charge on any atom is 0.326 e. The van der Waals surface area contributed by atoms with Crippen LogP contribution >= 0.6 is 0 Å². The molecule has 28 heavy (non-hydrogen) atoms. The molecule has 0 saturated carbocycles. The maximum atomic E-state index is 12.2. The van der Waals surface area contributed by atoms with Crippen LogP contribution < -0.4 is 15.5 Å². The molecule has 0 spiro atoms. The highest BCUT2D eigenvalue weighted by Crippen LogP contribution is 2.21. The summed E-state index contributed by atoms with van der Waals surface area (Å²) in [6.45, 7) is 5.87. The topological polar surface area (TPSA) is 105 Å². The summed E-state index contributed by atoms with van der Waals surface area (Å²) in [7, 11) is 0. The fraction of sp³-hybridized carbons (Fsp3) is 0.476. The normalized spacial score (nSPS) is 15.6. The number of nitriles is 1. The fourth-order valence-electron chi connectivity index (χ4n) is 3.15. The van der Waals surface area contributed by atoms with Crippen LogP contribution in [0.15, 0.2) is 36.0 Å². The molecule has 0 radical (unpaired) electrons. The number of anilines is 2. The van der Waals surface area contributed by atoms with E-state index in [4.69, 9.17) is 0 Å². The number of aliphatic carboxylic acids is 1. The van der Waals surface area contributed by atoms with Crippen LogP contribution in [0, 0.1) is 17.2 Å².